The van der Waals surface area contributed by atoms with Gasteiger partial charge in [-0.2, -0.15) is 0 Å². The number of allylic oxidation sites excluding steroid dienone is 1. The molecule has 0 amide bonds. The van der Waals surface area contributed by atoms with Crippen LogP contribution in [0.5, 0.6) is 0 Å². The Bertz CT molecular complexity index is 453. The quantitative estimate of drug-likeness (QED) is 0.400. The van der Waals surface area contributed by atoms with Crippen LogP contribution in [-0.4, -0.2) is 23.3 Å². The predicted molar refractivity (Wildman–Crippen MR) is 80.5 cm³/mol. The van der Waals surface area contributed by atoms with Gasteiger partial charge in [-0.15, -0.1) is 6.58 Å². The summed E-state index contributed by atoms with van der Waals surface area (Å²) in [7, 11) is 0. The monoisotopic (exact) mass is 260 g/mol. The molecule has 19 heavy (non-hydrogen) atoms. The van der Waals surface area contributed by atoms with Crippen molar-refractivity contribution in [3.8, 4) is 0 Å². The normalized spacial score (nSPS) is 11.2. The first kappa shape index (κ1) is 14.7. The first-order valence-corrected chi connectivity index (χ1v) is 6.05. The van der Waals surface area contributed by atoms with Gasteiger partial charge in [-0.05, 0) is 42.3 Å². The molecule has 1 aromatic rings. The van der Waals surface area contributed by atoms with Crippen molar-refractivity contribution in [2.24, 2.45) is 0 Å². The van der Waals surface area contributed by atoms with Crippen molar-refractivity contribution in [2.45, 2.75) is 6.42 Å². The second kappa shape index (κ2) is 7.87. The van der Waals surface area contributed by atoms with Crippen molar-refractivity contribution in [1.82, 2.24) is 0 Å². The fourth-order valence-corrected chi connectivity index (χ4v) is 1.85. The molecule has 102 valence electrons. The lowest BCUT2D eigenvalue weighted by Crippen LogP contribution is -2.24. The van der Waals surface area contributed by atoms with E-state index in [0.717, 1.165) is 23.8 Å². The van der Waals surface area contributed by atoms with Crippen LogP contribution >= 0.6 is 0 Å². The van der Waals surface area contributed by atoms with Crippen LogP contribution in [0.25, 0.3) is 0 Å². The van der Waals surface area contributed by atoms with Gasteiger partial charge in [0.05, 0.1) is 12.5 Å². The van der Waals surface area contributed by atoms with Gasteiger partial charge in [0.25, 0.3) is 0 Å². The second-order valence-electron chi connectivity index (χ2n) is 4.06. The van der Waals surface area contributed by atoms with Crippen LogP contribution in [0.1, 0.15) is 5.56 Å². The number of nitrogens with zero attached hydrogens (tertiary/aromatic N) is 1. The molecule has 4 heteroatoms. The highest BCUT2D eigenvalue weighted by Gasteiger charge is 2.09. The van der Waals surface area contributed by atoms with E-state index in [1.54, 1.807) is 12.2 Å². The summed E-state index contributed by atoms with van der Waals surface area (Å²) in [5, 5.41) is 17.6. The van der Waals surface area contributed by atoms with Crippen LogP contribution in [0.4, 0.5) is 11.4 Å². The van der Waals surface area contributed by atoms with Gasteiger partial charge in [0.15, 0.2) is 0 Å². The molecule has 0 spiro atoms. The van der Waals surface area contributed by atoms with Crippen LogP contribution in [0, 0.1) is 0 Å². The third-order valence-corrected chi connectivity index (χ3v) is 2.67. The van der Waals surface area contributed by atoms with E-state index < -0.39 is 0 Å². The number of hydrogen-bond acceptors (Lipinski definition) is 4. The fraction of sp³-hybridized carbons (Fsp3) is 0.200. The number of nitrogens with two attached hydrogens (primary N) is 1. The van der Waals surface area contributed by atoms with Gasteiger partial charge >= 0.3 is 0 Å². The molecule has 0 aromatic heterocycles. The highest BCUT2D eigenvalue weighted by molar-refractivity contribution is 5.60. The molecule has 0 aliphatic heterocycles. The fourth-order valence-electron chi connectivity index (χ4n) is 1.85. The van der Waals surface area contributed by atoms with Crippen molar-refractivity contribution in [3.63, 3.8) is 0 Å². The maximum Gasteiger partial charge on any atom is 0.0769 e. The van der Waals surface area contributed by atoms with Gasteiger partial charge in [0.2, 0.25) is 0 Å². The maximum atomic E-state index is 8.79. The average Bonchev–Trinajstić information content (AvgIpc) is 2.40. The van der Waals surface area contributed by atoms with E-state index in [9.17, 15) is 0 Å². The Morgan fingerprint density at radius 1 is 1.16 bits per heavy atom. The number of aliphatic hydroxyl groups excluding tert-OH is 2. The van der Waals surface area contributed by atoms with Crippen LogP contribution < -0.4 is 10.6 Å². The highest BCUT2D eigenvalue weighted by Crippen LogP contribution is 2.24. The zero-order valence-electron chi connectivity index (χ0n) is 10.9. The van der Waals surface area contributed by atoms with Gasteiger partial charge in [0.1, 0.15) is 0 Å². The minimum absolute atomic E-state index is 0.537. The predicted octanol–water partition coefficient (Wildman–Crippen LogP) is 2.95. The molecular formula is C15H20N2O2. The molecule has 0 saturated heterocycles. The number of anilines is 2. The molecule has 4 nitrogen and oxygen atoms in total. The first-order chi connectivity index (χ1) is 9.22. The van der Waals surface area contributed by atoms with Gasteiger partial charge in [-0.3, -0.25) is 0 Å². The Labute approximate surface area is 113 Å². The molecule has 0 radical (unpaired) electrons. The lowest BCUT2D eigenvalue weighted by molar-refractivity contribution is 0.470. The van der Waals surface area contributed by atoms with E-state index >= 15 is 0 Å². The van der Waals surface area contributed by atoms with Gasteiger partial charge < -0.3 is 20.8 Å². The Morgan fingerprint density at radius 2 is 1.79 bits per heavy atom. The zero-order chi connectivity index (χ0) is 14.1. The Morgan fingerprint density at radius 3 is 2.32 bits per heavy atom. The van der Waals surface area contributed by atoms with E-state index in [0.29, 0.717) is 25.2 Å². The van der Waals surface area contributed by atoms with E-state index in [4.69, 9.17) is 15.9 Å². The Balaban J connectivity index is 3.07. The SMILES string of the molecule is C=CCc1cc(N)ccc1N(CC=CO)CC=CO. The number of benzene rings is 1. The lowest BCUT2D eigenvalue weighted by atomic mass is 10.1. The van der Waals surface area contributed by atoms with Gasteiger partial charge in [-0.25, -0.2) is 0 Å². The average molecular weight is 260 g/mol. The second-order valence-corrected chi connectivity index (χ2v) is 4.06. The largest absolute Gasteiger partial charge is 0.516 e. The van der Waals surface area contributed by atoms with Crippen LogP contribution in [-0.2, 0) is 6.42 Å². The molecule has 1 aromatic carbocycles. The van der Waals surface area contributed by atoms with E-state index in [-0.39, 0.29) is 0 Å². The number of hydrogen-bond donors (Lipinski definition) is 3. The van der Waals surface area contributed by atoms with Crippen molar-refractivity contribution in [2.75, 3.05) is 23.7 Å². The topological polar surface area (TPSA) is 69.7 Å². The summed E-state index contributed by atoms with van der Waals surface area (Å²) in [4.78, 5) is 2.01. The number of rotatable bonds is 7. The smallest absolute Gasteiger partial charge is 0.0769 e. The first-order valence-electron chi connectivity index (χ1n) is 6.05. The summed E-state index contributed by atoms with van der Waals surface area (Å²) in [5.74, 6) is 0. The molecule has 0 heterocycles. The zero-order valence-corrected chi connectivity index (χ0v) is 10.9. The lowest BCUT2D eigenvalue weighted by Gasteiger charge is -2.24. The molecule has 4 N–H and O–H groups in total. The Kier molecular flexibility index (Phi) is 6.09. The van der Waals surface area contributed by atoms with E-state index in [1.807, 2.05) is 29.2 Å². The Hall–Kier alpha value is -2.36. The molecule has 0 unspecified atom stereocenters. The van der Waals surface area contributed by atoms with Crippen LogP contribution in [0.3, 0.4) is 0 Å². The summed E-state index contributed by atoms with van der Waals surface area (Å²) >= 11 is 0. The van der Waals surface area contributed by atoms with Crippen molar-refractivity contribution in [1.29, 1.82) is 0 Å². The molecule has 0 aliphatic rings. The standard InChI is InChI=1S/C15H20N2O2/c1-2-5-13-12-14(16)6-7-15(13)17(8-3-10-18)9-4-11-19/h2-4,6-7,10-12,18-19H,1,5,8-9,16H2. The molecule has 0 saturated carbocycles. The minimum Gasteiger partial charge on any atom is -0.516 e. The van der Waals surface area contributed by atoms with Crippen molar-refractivity contribution in [3.05, 3.63) is 61.1 Å². The van der Waals surface area contributed by atoms with Crippen LogP contribution in [0.2, 0.25) is 0 Å². The maximum absolute atomic E-state index is 8.79. The number of nitrogen functional groups attached to an aromatic ring is 1. The third-order valence-electron chi connectivity index (χ3n) is 2.67. The molecule has 0 bridgehead atoms. The third kappa shape index (κ3) is 4.43. The summed E-state index contributed by atoms with van der Waals surface area (Å²) in [6.45, 7) is 4.82. The summed E-state index contributed by atoms with van der Waals surface area (Å²) in [5.41, 5.74) is 8.57. The summed E-state index contributed by atoms with van der Waals surface area (Å²) in [6.07, 6.45) is 7.83. The van der Waals surface area contributed by atoms with Crippen molar-refractivity contribution >= 4 is 11.4 Å². The molecule has 0 aliphatic carbocycles. The molecular weight excluding hydrogens is 240 g/mol. The van der Waals surface area contributed by atoms with Crippen LogP contribution in [0.15, 0.2) is 55.5 Å². The van der Waals surface area contributed by atoms with Gasteiger partial charge in [-0.1, -0.05) is 6.08 Å². The number of aliphatic hydroxyl groups is 2. The minimum atomic E-state index is 0.537. The highest BCUT2D eigenvalue weighted by atomic mass is 16.2. The van der Waals surface area contributed by atoms with E-state index in [1.165, 1.54) is 0 Å². The van der Waals surface area contributed by atoms with Crippen molar-refractivity contribution < 1.29 is 10.2 Å². The van der Waals surface area contributed by atoms with Gasteiger partial charge in [0, 0.05) is 24.5 Å². The molecule has 0 fully saturated rings. The molecule has 0 atom stereocenters. The summed E-state index contributed by atoms with van der Waals surface area (Å²) < 4.78 is 0. The summed E-state index contributed by atoms with van der Waals surface area (Å²) in [6, 6.07) is 5.68. The van der Waals surface area contributed by atoms with E-state index in [2.05, 4.69) is 6.58 Å². The molecule has 1 rings (SSSR count).